The molecule has 1 aliphatic rings. The van der Waals surface area contributed by atoms with Gasteiger partial charge in [-0.1, -0.05) is 36.8 Å². The van der Waals surface area contributed by atoms with E-state index in [4.69, 9.17) is 14.6 Å². The molecule has 1 amide bonds. The molecule has 0 heterocycles. The molecule has 2 N–H and O–H groups in total. The second-order valence-corrected chi connectivity index (χ2v) is 6.96. The number of carbonyl (C=O) groups excluding carboxylic acids is 1. The van der Waals surface area contributed by atoms with Gasteiger partial charge in [0.1, 0.15) is 0 Å². The number of hydrogen-bond acceptors (Lipinski definition) is 4. The Morgan fingerprint density at radius 3 is 2.43 bits per heavy atom. The third-order valence-corrected chi connectivity index (χ3v) is 5.14. The van der Waals surface area contributed by atoms with Gasteiger partial charge in [0, 0.05) is 17.5 Å². The summed E-state index contributed by atoms with van der Waals surface area (Å²) in [6, 6.07) is 15.1. The van der Waals surface area contributed by atoms with E-state index < -0.39 is 12.6 Å². The van der Waals surface area contributed by atoms with Crippen LogP contribution in [0, 0.1) is 0 Å². The lowest BCUT2D eigenvalue weighted by atomic mass is 9.64. The van der Waals surface area contributed by atoms with Gasteiger partial charge in [0.05, 0.1) is 6.61 Å². The molecular formula is C22H25NO5. The molecular weight excluding hydrogens is 358 g/mol. The first-order valence-corrected chi connectivity index (χ1v) is 9.49. The molecule has 0 radical (unpaired) electrons. The van der Waals surface area contributed by atoms with Crippen molar-refractivity contribution in [3.05, 3.63) is 59.7 Å². The highest BCUT2D eigenvalue weighted by molar-refractivity contribution is 5.95. The lowest BCUT2D eigenvalue weighted by molar-refractivity contribution is -0.139. The van der Waals surface area contributed by atoms with Crippen LogP contribution in [-0.2, 0) is 10.2 Å². The standard InChI is InChI=1S/C22H25NO5/c1-2-27-19-13-16(9-10-18(19)28-14-20(24)25)21(26)23-15-22(11-6-12-22)17-7-4-3-5-8-17/h3-5,7-10,13H,2,6,11-12,14-15H2,1H3,(H,23,26)(H,24,25). The first kappa shape index (κ1) is 19.7. The molecule has 0 unspecified atom stereocenters. The maximum atomic E-state index is 12.7. The summed E-state index contributed by atoms with van der Waals surface area (Å²) in [6.07, 6.45) is 3.28. The van der Waals surface area contributed by atoms with Gasteiger partial charge in [0.15, 0.2) is 18.1 Å². The molecule has 0 saturated heterocycles. The number of ether oxygens (including phenoxy) is 2. The SMILES string of the molecule is CCOc1cc(C(=O)NCC2(c3ccccc3)CCC2)ccc1OCC(=O)O. The molecule has 6 heteroatoms. The summed E-state index contributed by atoms with van der Waals surface area (Å²) in [5.41, 5.74) is 1.71. The normalized spacial score (nSPS) is 14.6. The van der Waals surface area contributed by atoms with E-state index in [2.05, 4.69) is 17.4 Å². The zero-order valence-corrected chi connectivity index (χ0v) is 15.9. The number of rotatable bonds is 9. The Labute approximate surface area is 164 Å². The Morgan fingerprint density at radius 1 is 1.07 bits per heavy atom. The molecule has 148 valence electrons. The summed E-state index contributed by atoms with van der Waals surface area (Å²) in [6.45, 7) is 2.31. The van der Waals surface area contributed by atoms with Crippen LogP contribution in [0.2, 0.25) is 0 Å². The molecule has 28 heavy (non-hydrogen) atoms. The van der Waals surface area contributed by atoms with E-state index >= 15 is 0 Å². The van der Waals surface area contributed by atoms with Crippen molar-refractivity contribution in [1.82, 2.24) is 5.32 Å². The number of carboxylic acid groups (broad SMARTS) is 1. The van der Waals surface area contributed by atoms with Crippen molar-refractivity contribution in [1.29, 1.82) is 0 Å². The average molecular weight is 383 g/mol. The third-order valence-electron chi connectivity index (χ3n) is 5.14. The van der Waals surface area contributed by atoms with Crippen molar-refractivity contribution >= 4 is 11.9 Å². The van der Waals surface area contributed by atoms with Crippen LogP contribution >= 0.6 is 0 Å². The number of carbonyl (C=O) groups is 2. The molecule has 1 aliphatic carbocycles. The topological polar surface area (TPSA) is 84.9 Å². The van der Waals surface area contributed by atoms with E-state index in [0.29, 0.717) is 30.2 Å². The number of carboxylic acids is 1. The van der Waals surface area contributed by atoms with Crippen LogP contribution < -0.4 is 14.8 Å². The minimum Gasteiger partial charge on any atom is -0.490 e. The molecule has 0 bridgehead atoms. The minimum atomic E-state index is -1.07. The number of nitrogens with one attached hydrogen (secondary N) is 1. The largest absolute Gasteiger partial charge is 0.490 e. The van der Waals surface area contributed by atoms with Crippen LogP contribution in [0.15, 0.2) is 48.5 Å². The molecule has 2 aromatic carbocycles. The lowest BCUT2D eigenvalue weighted by Gasteiger charge is -2.42. The van der Waals surface area contributed by atoms with E-state index in [1.807, 2.05) is 25.1 Å². The van der Waals surface area contributed by atoms with Gasteiger partial charge in [-0.3, -0.25) is 4.79 Å². The molecule has 2 aromatic rings. The second kappa shape index (κ2) is 8.78. The highest BCUT2D eigenvalue weighted by Gasteiger charge is 2.38. The molecule has 3 rings (SSSR count). The molecule has 0 aliphatic heterocycles. The first-order valence-electron chi connectivity index (χ1n) is 9.49. The van der Waals surface area contributed by atoms with Crippen molar-refractivity contribution in [2.45, 2.75) is 31.6 Å². The van der Waals surface area contributed by atoms with Gasteiger partial charge in [0.25, 0.3) is 5.91 Å². The van der Waals surface area contributed by atoms with E-state index in [1.54, 1.807) is 18.2 Å². The van der Waals surface area contributed by atoms with E-state index in [-0.39, 0.29) is 11.3 Å². The van der Waals surface area contributed by atoms with Gasteiger partial charge in [-0.05, 0) is 43.5 Å². The van der Waals surface area contributed by atoms with Crippen molar-refractivity contribution in [3.63, 3.8) is 0 Å². The average Bonchev–Trinajstić information content (AvgIpc) is 2.67. The predicted octanol–water partition coefficient (Wildman–Crippen LogP) is 3.40. The van der Waals surface area contributed by atoms with Crippen LogP contribution in [0.5, 0.6) is 11.5 Å². The van der Waals surface area contributed by atoms with Gasteiger partial charge in [-0.25, -0.2) is 4.79 Å². The van der Waals surface area contributed by atoms with Crippen LogP contribution in [0.25, 0.3) is 0 Å². The molecule has 0 aromatic heterocycles. The summed E-state index contributed by atoms with van der Waals surface area (Å²) in [5, 5.41) is 11.8. The lowest BCUT2D eigenvalue weighted by Crippen LogP contribution is -2.45. The Bertz CT molecular complexity index is 830. The third kappa shape index (κ3) is 4.44. The van der Waals surface area contributed by atoms with E-state index in [9.17, 15) is 9.59 Å². The summed E-state index contributed by atoms with van der Waals surface area (Å²) >= 11 is 0. The van der Waals surface area contributed by atoms with E-state index in [0.717, 1.165) is 19.3 Å². The zero-order valence-electron chi connectivity index (χ0n) is 15.9. The van der Waals surface area contributed by atoms with Gasteiger partial charge >= 0.3 is 5.97 Å². The second-order valence-electron chi connectivity index (χ2n) is 6.96. The highest BCUT2D eigenvalue weighted by atomic mass is 16.5. The summed E-state index contributed by atoms with van der Waals surface area (Å²) in [7, 11) is 0. The predicted molar refractivity (Wildman–Crippen MR) is 105 cm³/mol. The Hall–Kier alpha value is -3.02. The van der Waals surface area contributed by atoms with Gasteiger partial charge in [-0.2, -0.15) is 0 Å². The van der Waals surface area contributed by atoms with Crippen molar-refractivity contribution < 1.29 is 24.2 Å². The number of amides is 1. The number of aliphatic carboxylic acids is 1. The fourth-order valence-electron chi connectivity index (χ4n) is 3.49. The van der Waals surface area contributed by atoms with Gasteiger partial charge in [-0.15, -0.1) is 0 Å². The fraction of sp³-hybridized carbons (Fsp3) is 0.364. The summed E-state index contributed by atoms with van der Waals surface area (Å²) in [4.78, 5) is 23.4. The first-order chi connectivity index (χ1) is 13.5. The number of benzene rings is 2. The fourth-order valence-corrected chi connectivity index (χ4v) is 3.49. The smallest absolute Gasteiger partial charge is 0.341 e. The molecule has 0 atom stereocenters. The summed E-state index contributed by atoms with van der Waals surface area (Å²) in [5.74, 6) is -0.595. The molecule has 0 spiro atoms. The monoisotopic (exact) mass is 383 g/mol. The van der Waals surface area contributed by atoms with Crippen LogP contribution in [-0.4, -0.2) is 36.7 Å². The Balaban J connectivity index is 1.70. The van der Waals surface area contributed by atoms with Crippen molar-refractivity contribution in [2.75, 3.05) is 19.8 Å². The van der Waals surface area contributed by atoms with Crippen molar-refractivity contribution in [2.24, 2.45) is 0 Å². The Kier molecular flexibility index (Phi) is 6.19. The van der Waals surface area contributed by atoms with Crippen LogP contribution in [0.1, 0.15) is 42.1 Å². The quantitative estimate of drug-likeness (QED) is 0.693. The Morgan fingerprint density at radius 2 is 1.82 bits per heavy atom. The molecule has 1 fully saturated rings. The minimum absolute atomic E-state index is 0.00417. The van der Waals surface area contributed by atoms with Gasteiger partial charge < -0.3 is 19.9 Å². The van der Waals surface area contributed by atoms with E-state index in [1.165, 1.54) is 5.56 Å². The maximum Gasteiger partial charge on any atom is 0.341 e. The summed E-state index contributed by atoms with van der Waals surface area (Å²) < 4.78 is 10.7. The van der Waals surface area contributed by atoms with Gasteiger partial charge in [0.2, 0.25) is 0 Å². The highest BCUT2D eigenvalue weighted by Crippen LogP contribution is 2.43. The molecule has 1 saturated carbocycles. The van der Waals surface area contributed by atoms with Crippen LogP contribution in [0.4, 0.5) is 0 Å². The zero-order chi connectivity index (χ0) is 20.0. The number of hydrogen-bond donors (Lipinski definition) is 2. The maximum absolute atomic E-state index is 12.7. The molecule has 6 nitrogen and oxygen atoms in total. The van der Waals surface area contributed by atoms with Crippen molar-refractivity contribution in [3.8, 4) is 11.5 Å². The van der Waals surface area contributed by atoms with Crippen LogP contribution in [0.3, 0.4) is 0 Å².